The van der Waals surface area contributed by atoms with Crippen molar-refractivity contribution in [1.29, 1.82) is 0 Å². The van der Waals surface area contributed by atoms with Gasteiger partial charge in [-0.2, -0.15) is 0 Å². The third-order valence-corrected chi connectivity index (χ3v) is 12.3. The van der Waals surface area contributed by atoms with Gasteiger partial charge in [0.05, 0.1) is 0 Å². The highest BCUT2D eigenvalue weighted by molar-refractivity contribution is 6.19. The largest absolute Gasteiger partial charge is 0.310 e. The first-order valence-corrected chi connectivity index (χ1v) is 20.1. The molecule has 2 heteroatoms. The van der Waals surface area contributed by atoms with Gasteiger partial charge in [-0.15, -0.1) is 0 Å². The summed E-state index contributed by atoms with van der Waals surface area (Å²) in [4.78, 5) is 4.81. The molecule has 0 fully saturated rings. The number of hydrogen-bond donors (Lipinski definition) is 0. The van der Waals surface area contributed by atoms with E-state index in [-0.39, 0.29) is 5.41 Å². The number of rotatable bonds is 6. The van der Waals surface area contributed by atoms with Crippen LogP contribution in [0.5, 0.6) is 0 Å². The maximum Gasteiger partial charge on any atom is 0.0490 e. The number of hydrogen-bond acceptors (Lipinski definition) is 2. The Hall–Kier alpha value is -6.64. The lowest BCUT2D eigenvalue weighted by Gasteiger charge is -2.29. The fourth-order valence-electron chi connectivity index (χ4n) is 9.65. The van der Waals surface area contributed by atoms with Crippen molar-refractivity contribution in [2.45, 2.75) is 47.0 Å². The smallest absolute Gasteiger partial charge is 0.0490 e. The average molecular weight is 735 g/mol. The Morgan fingerprint density at radius 2 is 0.930 bits per heavy atom. The molecule has 57 heavy (non-hydrogen) atoms. The van der Waals surface area contributed by atoms with Gasteiger partial charge < -0.3 is 9.80 Å². The number of aryl methyl sites for hydroxylation is 4. The number of fused-ring (bicyclic) bond motifs is 9. The first kappa shape index (κ1) is 34.8. The van der Waals surface area contributed by atoms with Crippen molar-refractivity contribution in [3.63, 3.8) is 0 Å². The number of nitrogens with zero attached hydrogens (tertiary/aromatic N) is 2. The molecule has 1 aliphatic rings. The van der Waals surface area contributed by atoms with Gasteiger partial charge in [0.25, 0.3) is 0 Å². The lowest BCUT2D eigenvalue weighted by Crippen LogP contribution is -2.16. The standard InChI is InChI=1S/C55H46N2/c1-35-21-27-51(37(3)29-35)56(41-15-9-7-10-16-41)43-24-23-39-32-49-50(33-40(39)31-43)55(5,6)54-47-26-25-44(34-48(47)45-19-13-14-20-46(45)53(49)54)57(42-17-11-8-12-18-42)52-28-22-36(2)30-38(52)4/h7-34H,1-6H3. The van der Waals surface area contributed by atoms with E-state index in [9.17, 15) is 0 Å². The van der Waals surface area contributed by atoms with Gasteiger partial charge in [0.1, 0.15) is 0 Å². The van der Waals surface area contributed by atoms with Crippen molar-refractivity contribution in [2.24, 2.45) is 0 Å². The SMILES string of the molecule is Cc1ccc(N(c2ccccc2)c2ccc3cc4c(cc3c2)C(C)(C)c2c-4c3ccccc3c3cc(N(c4ccccc4)c4ccc(C)cc4C)ccc23)c(C)c1. The minimum atomic E-state index is -0.224. The summed E-state index contributed by atoms with van der Waals surface area (Å²) in [6.45, 7) is 13.6. The number of anilines is 6. The van der Waals surface area contributed by atoms with Gasteiger partial charge in [-0.05, 0) is 166 Å². The van der Waals surface area contributed by atoms with E-state index in [1.165, 1.54) is 88.2 Å². The molecular weight excluding hydrogens is 689 g/mol. The van der Waals surface area contributed by atoms with Crippen LogP contribution in [0.25, 0.3) is 43.4 Å². The maximum absolute atomic E-state index is 2.48. The molecule has 0 aliphatic heterocycles. The van der Waals surface area contributed by atoms with Crippen LogP contribution < -0.4 is 9.80 Å². The summed E-state index contributed by atoms with van der Waals surface area (Å²) in [7, 11) is 0. The maximum atomic E-state index is 2.48. The van der Waals surface area contributed by atoms with Crippen LogP contribution in [-0.4, -0.2) is 0 Å². The van der Waals surface area contributed by atoms with Gasteiger partial charge in [-0.25, -0.2) is 0 Å². The van der Waals surface area contributed by atoms with Crippen LogP contribution in [0.1, 0.15) is 47.2 Å². The zero-order valence-corrected chi connectivity index (χ0v) is 33.6. The second-order valence-electron chi connectivity index (χ2n) is 16.5. The Labute approximate surface area is 336 Å². The summed E-state index contributed by atoms with van der Waals surface area (Å²) in [5, 5.41) is 7.70. The highest BCUT2D eigenvalue weighted by Crippen LogP contribution is 2.56. The van der Waals surface area contributed by atoms with Gasteiger partial charge in [-0.3, -0.25) is 0 Å². The summed E-state index contributed by atoms with van der Waals surface area (Å²) in [6, 6.07) is 63.1. The molecule has 0 atom stereocenters. The predicted molar refractivity (Wildman–Crippen MR) is 245 cm³/mol. The number of benzene rings is 9. The molecule has 276 valence electrons. The highest BCUT2D eigenvalue weighted by Gasteiger charge is 2.39. The van der Waals surface area contributed by atoms with E-state index in [1.54, 1.807) is 0 Å². The molecule has 9 aromatic carbocycles. The summed E-state index contributed by atoms with van der Waals surface area (Å²) < 4.78 is 0. The summed E-state index contributed by atoms with van der Waals surface area (Å²) in [5.41, 5.74) is 17.3. The predicted octanol–water partition coefficient (Wildman–Crippen LogP) is 15.6. The quantitative estimate of drug-likeness (QED) is 0.157. The Morgan fingerprint density at radius 1 is 0.386 bits per heavy atom. The Balaban J connectivity index is 1.17. The molecule has 0 aromatic heterocycles. The molecule has 2 nitrogen and oxygen atoms in total. The van der Waals surface area contributed by atoms with Crippen LogP contribution in [0, 0.1) is 27.7 Å². The molecule has 0 amide bonds. The van der Waals surface area contributed by atoms with Crippen molar-refractivity contribution in [2.75, 3.05) is 9.80 Å². The van der Waals surface area contributed by atoms with Gasteiger partial charge in [-0.1, -0.05) is 122 Å². The van der Waals surface area contributed by atoms with Crippen molar-refractivity contribution in [3.05, 3.63) is 203 Å². The molecule has 0 spiro atoms. The van der Waals surface area contributed by atoms with E-state index >= 15 is 0 Å². The Kier molecular flexibility index (Phi) is 8.09. The zero-order chi connectivity index (χ0) is 39.0. The monoisotopic (exact) mass is 734 g/mol. The van der Waals surface area contributed by atoms with Gasteiger partial charge >= 0.3 is 0 Å². The van der Waals surface area contributed by atoms with Crippen LogP contribution in [-0.2, 0) is 5.41 Å². The van der Waals surface area contributed by atoms with Crippen molar-refractivity contribution in [3.8, 4) is 11.1 Å². The molecule has 0 saturated heterocycles. The molecule has 9 aromatic rings. The molecule has 0 N–H and O–H groups in total. The molecule has 1 aliphatic carbocycles. The molecule has 0 radical (unpaired) electrons. The fraction of sp³-hybridized carbons (Fsp3) is 0.127. The van der Waals surface area contributed by atoms with Crippen LogP contribution in [0.15, 0.2) is 170 Å². The van der Waals surface area contributed by atoms with Crippen LogP contribution in [0.3, 0.4) is 0 Å². The third-order valence-electron chi connectivity index (χ3n) is 12.3. The first-order chi connectivity index (χ1) is 27.7. The van der Waals surface area contributed by atoms with E-state index in [0.29, 0.717) is 0 Å². The fourth-order valence-corrected chi connectivity index (χ4v) is 9.65. The van der Waals surface area contributed by atoms with E-state index in [0.717, 1.165) is 22.7 Å². The van der Waals surface area contributed by atoms with Gasteiger partial charge in [0.2, 0.25) is 0 Å². The minimum absolute atomic E-state index is 0.224. The van der Waals surface area contributed by atoms with Gasteiger partial charge in [0, 0.05) is 39.5 Å². The second kappa shape index (κ2) is 13.2. The van der Waals surface area contributed by atoms with E-state index < -0.39 is 0 Å². The Bertz CT molecular complexity index is 3030. The first-order valence-electron chi connectivity index (χ1n) is 20.1. The second-order valence-corrected chi connectivity index (χ2v) is 16.5. The van der Waals surface area contributed by atoms with Crippen LogP contribution in [0.2, 0.25) is 0 Å². The Morgan fingerprint density at radius 3 is 1.53 bits per heavy atom. The van der Waals surface area contributed by atoms with E-state index in [2.05, 4.69) is 221 Å². The summed E-state index contributed by atoms with van der Waals surface area (Å²) in [5.74, 6) is 0. The lowest BCUT2D eigenvalue weighted by atomic mass is 9.79. The molecular formula is C55H46N2. The van der Waals surface area contributed by atoms with E-state index in [4.69, 9.17) is 0 Å². The van der Waals surface area contributed by atoms with Crippen molar-refractivity contribution in [1.82, 2.24) is 0 Å². The summed E-state index contributed by atoms with van der Waals surface area (Å²) in [6.07, 6.45) is 0. The summed E-state index contributed by atoms with van der Waals surface area (Å²) >= 11 is 0. The van der Waals surface area contributed by atoms with Crippen LogP contribution >= 0.6 is 0 Å². The highest BCUT2D eigenvalue weighted by atomic mass is 15.1. The third kappa shape index (κ3) is 5.62. The molecule has 0 bridgehead atoms. The molecule has 0 saturated carbocycles. The van der Waals surface area contributed by atoms with Gasteiger partial charge in [0.15, 0.2) is 0 Å². The normalized spacial score (nSPS) is 12.9. The topological polar surface area (TPSA) is 6.48 Å². The van der Waals surface area contributed by atoms with Crippen LogP contribution in [0.4, 0.5) is 34.1 Å². The van der Waals surface area contributed by atoms with E-state index in [1.807, 2.05) is 0 Å². The van der Waals surface area contributed by atoms with Crippen molar-refractivity contribution < 1.29 is 0 Å². The zero-order valence-electron chi connectivity index (χ0n) is 33.6. The molecule has 10 rings (SSSR count). The minimum Gasteiger partial charge on any atom is -0.310 e. The molecule has 0 unspecified atom stereocenters. The van der Waals surface area contributed by atoms with Crippen molar-refractivity contribution >= 4 is 66.4 Å². The lowest BCUT2D eigenvalue weighted by molar-refractivity contribution is 0.667. The average Bonchev–Trinajstić information content (AvgIpc) is 3.45. The number of para-hydroxylation sites is 2. The molecule has 0 heterocycles.